The summed E-state index contributed by atoms with van der Waals surface area (Å²) in [5.41, 5.74) is 2.35. The van der Waals surface area contributed by atoms with E-state index in [0.29, 0.717) is 22.6 Å². The molecule has 1 aromatic heterocycles. The van der Waals surface area contributed by atoms with Gasteiger partial charge in [-0.1, -0.05) is 54.6 Å². The van der Waals surface area contributed by atoms with Gasteiger partial charge >= 0.3 is 0 Å². The van der Waals surface area contributed by atoms with Crippen LogP contribution in [0, 0.1) is 0 Å². The van der Waals surface area contributed by atoms with Crippen LogP contribution in [0.25, 0.3) is 11.0 Å². The molecule has 3 aromatic carbocycles. The molecule has 9 nitrogen and oxygen atoms in total. The number of ether oxygens (including phenoxy) is 2. The molecular formula is C30H35N5O4. The van der Waals surface area contributed by atoms with Crippen LogP contribution in [0.2, 0.25) is 0 Å². The van der Waals surface area contributed by atoms with Crippen LogP contribution in [0.3, 0.4) is 0 Å². The van der Waals surface area contributed by atoms with Gasteiger partial charge < -0.3 is 19.7 Å². The van der Waals surface area contributed by atoms with Crippen molar-refractivity contribution in [3.63, 3.8) is 0 Å². The molecule has 2 amide bonds. The summed E-state index contributed by atoms with van der Waals surface area (Å²) in [5, 5.41) is 11.5. The summed E-state index contributed by atoms with van der Waals surface area (Å²) in [4.78, 5) is 29.7. The Morgan fingerprint density at radius 1 is 1.00 bits per heavy atom. The first kappa shape index (κ1) is 27.6. The van der Waals surface area contributed by atoms with Crippen LogP contribution in [0.1, 0.15) is 44.4 Å². The molecule has 0 aliphatic rings. The van der Waals surface area contributed by atoms with Crippen LogP contribution < -0.4 is 14.8 Å². The number of carbonyl (C=O) groups excluding carboxylic acids is 2. The maximum Gasteiger partial charge on any atom is 0.247 e. The number of methoxy groups -OCH3 is 2. The van der Waals surface area contributed by atoms with E-state index in [4.69, 9.17) is 9.47 Å². The minimum absolute atomic E-state index is 0.0966. The minimum atomic E-state index is -0.946. The second kappa shape index (κ2) is 12.0. The molecule has 4 rings (SSSR count). The van der Waals surface area contributed by atoms with Gasteiger partial charge in [0.05, 0.1) is 26.3 Å². The fourth-order valence-electron chi connectivity index (χ4n) is 4.37. The van der Waals surface area contributed by atoms with Crippen LogP contribution in [-0.2, 0) is 22.7 Å². The summed E-state index contributed by atoms with van der Waals surface area (Å²) in [6.07, 6.45) is 0.717. The third kappa shape index (κ3) is 6.37. The molecule has 0 radical (unpaired) electrons. The fourth-order valence-corrected chi connectivity index (χ4v) is 4.37. The SMILES string of the molecule is CCC(C)(C)NC(=O)[C@@H](c1cccc(OC)c1)N(Cc1ccccc1OC)C(=O)Cn1nnc2ccccc21. The third-order valence-electron chi connectivity index (χ3n) is 6.87. The molecule has 9 heteroatoms. The van der Waals surface area contributed by atoms with Gasteiger partial charge in [0.1, 0.15) is 29.6 Å². The second-order valence-electron chi connectivity index (χ2n) is 9.98. The first-order valence-corrected chi connectivity index (χ1v) is 12.9. The van der Waals surface area contributed by atoms with Crippen molar-refractivity contribution < 1.29 is 19.1 Å². The summed E-state index contributed by atoms with van der Waals surface area (Å²) in [5.74, 6) is 0.628. The zero-order chi connectivity index (χ0) is 28.0. The Morgan fingerprint density at radius 3 is 2.49 bits per heavy atom. The molecule has 1 N–H and O–H groups in total. The number of nitrogens with one attached hydrogen (secondary N) is 1. The molecule has 4 aromatic rings. The Bertz CT molecular complexity index is 1450. The van der Waals surface area contributed by atoms with Gasteiger partial charge in [0, 0.05) is 11.1 Å². The van der Waals surface area contributed by atoms with Gasteiger partial charge in [-0.15, -0.1) is 5.10 Å². The Kier molecular flexibility index (Phi) is 8.49. The molecule has 39 heavy (non-hydrogen) atoms. The number of benzene rings is 3. The van der Waals surface area contributed by atoms with Crippen LogP contribution in [0.4, 0.5) is 0 Å². The van der Waals surface area contributed by atoms with E-state index < -0.39 is 11.6 Å². The van der Waals surface area contributed by atoms with Crippen molar-refractivity contribution in [3.8, 4) is 11.5 Å². The maximum absolute atomic E-state index is 14.2. The number of nitrogens with zero attached hydrogens (tertiary/aromatic N) is 4. The highest BCUT2D eigenvalue weighted by atomic mass is 16.5. The van der Waals surface area contributed by atoms with Gasteiger partial charge in [0.2, 0.25) is 11.8 Å². The summed E-state index contributed by atoms with van der Waals surface area (Å²) in [6, 6.07) is 21.2. The summed E-state index contributed by atoms with van der Waals surface area (Å²) in [6.45, 7) is 5.97. The largest absolute Gasteiger partial charge is 0.497 e. The molecule has 1 atom stereocenters. The predicted octanol–water partition coefficient (Wildman–Crippen LogP) is 4.52. The summed E-state index contributed by atoms with van der Waals surface area (Å²) >= 11 is 0. The van der Waals surface area contributed by atoms with E-state index in [1.54, 1.807) is 29.9 Å². The highest BCUT2D eigenvalue weighted by Crippen LogP contribution is 2.30. The number of aromatic nitrogens is 3. The van der Waals surface area contributed by atoms with Gasteiger partial charge in [-0.05, 0) is 56.2 Å². The molecule has 0 spiro atoms. The lowest BCUT2D eigenvalue weighted by atomic mass is 9.98. The Labute approximate surface area is 228 Å². The monoisotopic (exact) mass is 529 g/mol. The maximum atomic E-state index is 14.2. The van der Waals surface area contributed by atoms with E-state index >= 15 is 0 Å². The van der Waals surface area contributed by atoms with Crippen LogP contribution in [0.5, 0.6) is 11.5 Å². The van der Waals surface area contributed by atoms with Crippen LogP contribution >= 0.6 is 0 Å². The Balaban J connectivity index is 1.81. The minimum Gasteiger partial charge on any atom is -0.497 e. The quantitative estimate of drug-likeness (QED) is 0.307. The highest BCUT2D eigenvalue weighted by molar-refractivity contribution is 5.89. The summed E-state index contributed by atoms with van der Waals surface area (Å²) in [7, 11) is 3.16. The number of carbonyl (C=O) groups is 2. The molecule has 0 unspecified atom stereocenters. The van der Waals surface area contributed by atoms with Crippen LogP contribution in [0.15, 0.2) is 72.8 Å². The van der Waals surface area contributed by atoms with Gasteiger partial charge in [-0.25, -0.2) is 4.68 Å². The van der Waals surface area contributed by atoms with Gasteiger partial charge in [-0.3, -0.25) is 9.59 Å². The molecule has 0 fully saturated rings. The van der Waals surface area contributed by atoms with E-state index in [1.807, 2.05) is 87.5 Å². The van der Waals surface area contributed by atoms with Crippen LogP contribution in [-0.4, -0.2) is 51.5 Å². The van der Waals surface area contributed by atoms with Gasteiger partial charge in [0.25, 0.3) is 0 Å². The smallest absolute Gasteiger partial charge is 0.247 e. The van der Waals surface area contributed by atoms with E-state index in [1.165, 1.54) is 0 Å². The van der Waals surface area contributed by atoms with E-state index in [0.717, 1.165) is 17.5 Å². The van der Waals surface area contributed by atoms with Crippen molar-refractivity contribution in [1.29, 1.82) is 0 Å². The second-order valence-corrected chi connectivity index (χ2v) is 9.98. The molecule has 0 aliphatic heterocycles. The van der Waals surface area contributed by atoms with Crippen molar-refractivity contribution in [1.82, 2.24) is 25.2 Å². The third-order valence-corrected chi connectivity index (χ3v) is 6.87. The normalized spacial score (nSPS) is 12.1. The Morgan fingerprint density at radius 2 is 1.74 bits per heavy atom. The Hall–Kier alpha value is -4.40. The fraction of sp³-hybridized carbons (Fsp3) is 0.333. The zero-order valence-electron chi connectivity index (χ0n) is 23.0. The summed E-state index contributed by atoms with van der Waals surface area (Å²) < 4.78 is 12.6. The molecule has 204 valence electrons. The lowest BCUT2D eigenvalue weighted by Crippen LogP contribution is -2.50. The molecule has 0 aliphatic carbocycles. The molecule has 0 bridgehead atoms. The van der Waals surface area contributed by atoms with Crippen molar-refractivity contribution >= 4 is 22.8 Å². The first-order chi connectivity index (χ1) is 18.8. The van der Waals surface area contributed by atoms with Crippen molar-refractivity contribution in [3.05, 3.63) is 83.9 Å². The van der Waals surface area contributed by atoms with Crippen molar-refractivity contribution in [2.45, 2.75) is 51.9 Å². The number of fused-ring (bicyclic) bond motifs is 1. The number of hydrogen-bond acceptors (Lipinski definition) is 6. The number of para-hydroxylation sites is 2. The average Bonchev–Trinajstić information content (AvgIpc) is 3.35. The number of hydrogen-bond donors (Lipinski definition) is 1. The molecule has 0 saturated heterocycles. The lowest BCUT2D eigenvalue weighted by molar-refractivity contribution is -0.143. The average molecular weight is 530 g/mol. The molecule has 0 saturated carbocycles. The zero-order valence-corrected chi connectivity index (χ0v) is 23.0. The van der Waals surface area contributed by atoms with Gasteiger partial charge in [0.15, 0.2) is 0 Å². The van der Waals surface area contributed by atoms with Gasteiger partial charge in [-0.2, -0.15) is 0 Å². The highest BCUT2D eigenvalue weighted by Gasteiger charge is 2.35. The number of amides is 2. The predicted molar refractivity (Wildman–Crippen MR) is 149 cm³/mol. The van der Waals surface area contributed by atoms with E-state index in [9.17, 15) is 9.59 Å². The van der Waals surface area contributed by atoms with Crippen molar-refractivity contribution in [2.75, 3.05) is 14.2 Å². The molecular weight excluding hydrogens is 494 g/mol. The standard InChI is InChI=1S/C30H35N5O4/c1-6-30(2,3)31-29(37)28(21-13-11-14-23(18-21)38-4)34(19-22-12-7-10-17-26(22)39-5)27(36)20-35-25-16-9-8-15-24(25)32-33-35/h7-18,28H,6,19-20H2,1-5H3,(H,31,37)/t28-/m1/s1. The topological polar surface area (TPSA) is 98.6 Å². The lowest BCUT2D eigenvalue weighted by Gasteiger charge is -2.35. The molecule has 1 heterocycles. The van der Waals surface area contributed by atoms with E-state index in [2.05, 4.69) is 15.6 Å². The first-order valence-electron chi connectivity index (χ1n) is 12.9. The number of rotatable bonds is 11. The van der Waals surface area contributed by atoms with E-state index in [-0.39, 0.29) is 24.9 Å². The van der Waals surface area contributed by atoms with Crippen molar-refractivity contribution in [2.24, 2.45) is 0 Å².